The fourth-order valence-electron chi connectivity index (χ4n) is 2.44. The van der Waals surface area contributed by atoms with Crippen molar-refractivity contribution in [3.8, 4) is 0 Å². The summed E-state index contributed by atoms with van der Waals surface area (Å²) in [5.74, 6) is -1.14. The molecule has 2 heterocycles. The molecule has 0 aromatic heterocycles. The summed E-state index contributed by atoms with van der Waals surface area (Å²) in [7, 11) is 0. The van der Waals surface area contributed by atoms with Crippen LogP contribution in [0.3, 0.4) is 0 Å². The third kappa shape index (κ3) is 1.26. The van der Waals surface area contributed by atoms with Gasteiger partial charge in [0.1, 0.15) is 5.70 Å². The lowest BCUT2D eigenvalue weighted by molar-refractivity contribution is -0.148. The third-order valence-electron chi connectivity index (χ3n) is 3.24. The van der Waals surface area contributed by atoms with Gasteiger partial charge in [0.15, 0.2) is 0 Å². The number of nitrogens with zero attached hydrogens (tertiary/aromatic N) is 1. The highest BCUT2D eigenvalue weighted by Crippen LogP contribution is 2.43. The summed E-state index contributed by atoms with van der Waals surface area (Å²) in [5.41, 5.74) is 0.790. The van der Waals surface area contributed by atoms with E-state index in [1.807, 2.05) is 6.92 Å². The van der Waals surface area contributed by atoms with E-state index in [9.17, 15) is 9.59 Å². The molecule has 5 heteroatoms. The molecule has 15 heavy (non-hydrogen) atoms. The van der Waals surface area contributed by atoms with E-state index in [-0.39, 0.29) is 30.2 Å². The number of β-lactam (4-membered cyclic amide) rings is 1. The molecule has 0 aromatic rings. The molecule has 0 spiro atoms. The smallest absolute Gasteiger partial charge is 0.352 e. The first-order valence-electron chi connectivity index (χ1n) is 4.97. The predicted octanol–water partition coefficient (Wildman–Crippen LogP) is -0.0419. The van der Waals surface area contributed by atoms with Gasteiger partial charge >= 0.3 is 5.97 Å². The van der Waals surface area contributed by atoms with Crippen LogP contribution in [-0.2, 0) is 9.59 Å². The number of aliphatic hydroxyl groups excluding tert-OH is 1. The number of carbonyl (C=O) groups excluding carboxylic acids is 1. The standard InChI is InChI=1S/C10H13NO4/c1-5-6(2-3-12)9(10(14)15)11-7(5)4-8(11)13/h5,7,12H,2-4H2,1H3,(H,14,15). The Morgan fingerprint density at radius 3 is 2.73 bits per heavy atom. The summed E-state index contributed by atoms with van der Waals surface area (Å²) in [6.45, 7) is 1.83. The second-order valence-corrected chi connectivity index (χ2v) is 3.98. The summed E-state index contributed by atoms with van der Waals surface area (Å²) >= 11 is 0. The SMILES string of the molecule is CC1C(CCO)=C(C(=O)O)N2C(=O)CC12. The van der Waals surface area contributed by atoms with Gasteiger partial charge in [-0.25, -0.2) is 4.79 Å². The van der Waals surface area contributed by atoms with Crippen LogP contribution in [0.25, 0.3) is 0 Å². The molecule has 2 unspecified atom stereocenters. The molecule has 2 N–H and O–H groups in total. The summed E-state index contributed by atoms with van der Waals surface area (Å²) < 4.78 is 0. The molecule has 82 valence electrons. The van der Waals surface area contributed by atoms with Crippen LogP contribution in [-0.4, -0.2) is 39.6 Å². The number of aliphatic carboxylic acids is 1. The molecule has 0 bridgehead atoms. The number of aliphatic hydroxyl groups is 1. The summed E-state index contributed by atoms with van der Waals surface area (Å²) in [5, 5.41) is 17.9. The van der Waals surface area contributed by atoms with Gasteiger partial charge < -0.3 is 15.1 Å². The second kappa shape index (κ2) is 3.34. The van der Waals surface area contributed by atoms with E-state index in [1.54, 1.807) is 0 Å². The van der Waals surface area contributed by atoms with E-state index in [4.69, 9.17) is 10.2 Å². The van der Waals surface area contributed by atoms with Gasteiger partial charge in [0.2, 0.25) is 5.91 Å². The van der Waals surface area contributed by atoms with E-state index in [2.05, 4.69) is 0 Å². The van der Waals surface area contributed by atoms with E-state index < -0.39 is 5.97 Å². The third-order valence-corrected chi connectivity index (χ3v) is 3.24. The van der Waals surface area contributed by atoms with E-state index in [0.717, 1.165) is 0 Å². The maximum atomic E-state index is 11.3. The predicted molar refractivity (Wildman–Crippen MR) is 50.8 cm³/mol. The van der Waals surface area contributed by atoms with Gasteiger partial charge in [0.25, 0.3) is 0 Å². The molecular weight excluding hydrogens is 198 g/mol. The van der Waals surface area contributed by atoms with Gasteiger partial charge in [0.05, 0.1) is 6.04 Å². The zero-order valence-corrected chi connectivity index (χ0v) is 8.43. The molecule has 1 amide bonds. The highest BCUT2D eigenvalue weighted by atomic mass is 16.4. The van der Waals surface area contributed by atoms with Crippen molar-refractivity contribution in [3.63, 3.8) is 0 Å². The lowest BCUT2D eigenvalue weighted by Crippen LogP contribution is -2.51. The van der Waals surface area contributed by atoms with Gasteiger partial charge in [-0.15, -0.1) is 0 Å². The number of carbonyl (C=O) groups is 2. The number of rotatable bonds is 3. The van der Waals surface area contributed by atoms with Crippen molar-refractivity contribution in [3.05, 3.63) is 11.3 Å². The van der Waals surface area contributed by atoms with Crippen LogP contribution in [0.1, 0.15) is 19.8 Å². The number of hydrogen-bond acceptors (Lipinski definition) is 3. The topological polar surface area (TPSA) is 77.8 Å². The zero-order chi connectivity index (χ0) is 11.2. The largest absolute Gasteiger partial charge is 0.477 e. The molecule has 0 saturated carbocycles. The van der Waals surface area contributed by atoms with Crippen molar-refractivity contribution in [2.45, 2.75) is 25.8 Å². The number of amides is 1. The Balaban J connectivity index is 2.37. The Morgan fingerprint density at radius 1 is 1.60 bits per heavy atom. The summed E-state index contributed by atoms with van der Waals surface area (Å²) in [4.78, 5) is 23.7. The first kappa shape index (κ1) is 10.2. The number of hydrogen-bond donors (Lipinski definition) is 2. The van der Waals surface area contributed by atoms with Gasteiger partial charge in [-0.05, 0) is 12.0 Å². The van der Waals surface area contributed by atoms with Crippen molar-refractivity contribution in [2.75, 3.05) is 6.61 Å². The molecule has 5 nitrogen and oxygen atoms in total. The molecular formula is C10H13NO4. The molecule has 0 aliphatic carbocycles. The molecule has 2 aliphatic rings. The minimum Gasteiger partial charge on any atom is -0.477 e. The van der Waals surface area contributed by atoms with Gasteiger partial charge in [-0.2, -0.15) is 0 Å². The van der Waals surface area contributed by atoms with Crippen molar-refractivity contribution in [1.82, 2.24) is 4.90 Å². The molecule has 1 saturated heterocycles. The Kier molecular flexibility index (Phi) is 2.26. The monoisotopic (exact) mass is 211 g/mol. The highest BCUT2D eigenvalue weighted by Gasteiger charge is 2.51. The van der Waals surface area contributed by atoms with Crippen LogP contribution in [0.5, 0.6) is 0 Å². The Labute approximate surface area is 87.0 Å². The minimum absolute atomic E-state index is 0.00477. The van der Waals surface area contributed by atoms with Crippen LogP contribution < -0.4 is 0 Å². The summed E-state index contributed by atoms with van der Waals surface area (Å²) in [6, 6.07) is 0.00477. The van der Waals surface area contributed by atoms with Gasteiger partial charge in [-0.1, -0.05) is 6.92 Å². The van der Waals surface area contributed by atoms with E-state index in [1.165, 1.54) is 4.90 Å². The van der Waals surface area contributed by atoms with Crippen LogP contribution in [0.15, 0.2) is 11.3 Å². The van der Waals surface area contributed by atoms with Crippen molar-refractivity contribution >= 4 is 11.9 Å². The number of carboxylic acid groups (broad SMARTS) is 1. The van der Waals surface area contributed by atoms with Crippen LogP contribution >= 0.6 is 0 Å². The second-order valence-electron chi connectivity index (χ2n) is 3.98. The average molecular weight is 211 g/mol. The zero-order valence-electron chi connectivity index (χ0n) is 8.43. The van der Waals surface area contributed by atoms with Crippen molar-refractivity contribution in [2.24, 2.45) is 5.92 Å². The molecule has 2 aliphatic heterocycles. The lowest BCUT2D eigenvalue weighted by atomic mass is 9.89. The van der Waals surface area contributed by atoms with E-state index in [0.29, 0.717) is 18.4 Å². The quantitative estimate of drug-likeness (QED) is 0.642. The first-order chi connectivity index (χ1) is 7.07. The Hall–Kier alpha value is -1.36. The van der Waals surface area contributed by atoms with Crippen LogP contribution in [0.2, 0.25) is 0 Å². The molecule has 2 rings (SSSR count). The fourth-order valence-corrected chi connectivity index (χ4v) is 2.44. The Bertz CT molecular complexity index is 360. The maximum absolute atomic E-state index is 11.3. The van der Waals surface area contributed by atoms with Crippen LogP contribution in [0.4, 0.5) is 0 Å². The normalized spacial score (nSPS) is 29.2. The maximum Gasteiger partial charge on any atom is 0.352 e. The number of fused-ring (bicyclic) bond motifs is 1. The summed E-state index contributed by atoms with van der Waals surface area (Å²) in [6.07, 6.45) is 0.760. The minimum atomic E-state index is -1.07. The van der Waals surface area contributed by atoms with Gasteiger partial charge in [-0.3, -0.25) is 4.79 Å². The van der Waals surface area contributed by atoms with Crippen LogP contribution in [0, 0.1) is 5.92 Å². The molecule has 0 radical (unpaired) electrons. The molecule has 0 aromatic carbocycles. The Morgan fingerprint density at radius 2 is 2.27 bits per heavy atom. The molecule has 2 atom stereocenters. The van der Waals surface area contributed by atoms with E-state index >= 15 is 0 Å². The fraction of sp³-hybridized carbons (Fsp3) is 0.600. The average Bonchev–Trinajstić information content (AvgIpc) is 2.38. The number of carboxylic acids is 1. The van der Waals surface area contributed by atoms with Crippen molar-refractivity contribution in [1.29, 1.82) is 0 Å². The highest BCUT2D eigenvalue weighted by molar-refractivity contribution is 5.98. The lowest BCUT2D eigenvalue weighted by Gasteiger charge is -2.37. The van der Waals surface area contributed by atoms with Gasteiger partial charge in [0, 0.05) is 18.9 Å². The van der Waals surface area contributed by atoms with Crippen molar-refractivity contribution < 1.29 is 19.8 Å². The first-order valence-corrected chi connectivity index (χ1v) is 4.97. The molecule has 1 fully saturated rings.